The monoisotopic (exact) mass is 322 g/mol. The van der Waals surface area contributed by atoms with Crippen LogP contribution in [0.1, 0.15) is 36.5 Å². The van der Waals surface area contributed by atoms with Crippen LogP contribution in [0.2, 0.25) is 0 Å². The van der Waals surface area contributed by atoms with E-state index in [2.05, 4.69) is 60.0 Å². The maximum absolute atomic E-state index is 11.8. The molecule has 0 saturated carbocycles. The molecule has 2 N–H and O–H groups in total. The Labute approximate surface area is 144 Å². The second-order valence-corrected chi connectivity index (χ2v) is 6.38. The molecule has 2 aromatic carbocycles. The molecule has 0 aliphatic heterocycles. The smallest absolute Gasteiger partial charge is 0.220 e. The van der Waals surface area contributed by atoms with E-state index in [1.165, 1.54) is 27.8 Å². The SMILES string of the molecule is CCNCCNC(=O)CCCc1ccc2c(c1)-c1ccccc1C2. The van der Waals surface area contributed by atoms with Crippen LogP contribution in [0.4, 0.5) is 0 Å². The van der Waals surface area contributed by atoms with Crippen molar-refractivity contribution in [1.29, 1.82) is 0 Å². The highest BCUT2D eigenvalue weighted by Crippen LogP contribution is 2.36. The van der Waals surface area contributed by atoms with Gasteiger partial charge in [0.05, 0.1) is 0 Å². The molecule has 0 radical (unpaired) electrons. The van der Waals surface area contributed by atoms with Crippen molar-refractivity contribution in [2.45, 2.75) is 32.6 Å². The fourth-order valence-corrected chi connectivity index (χ4v) is 3.33. The summed E-state index contributed by atoms with van der Waals surface area (Å²) < 4.78 is 0. The lowest BCUT2D eigenvalue weighted by atomic mass is 10.00. The lowest BCUT2D eigenvalue weighted by Gasteiger charge is -2.07. The number of aryl methyl sites for hydroxylation is 1. The normalized spacial score (nSPS) is 11.9. The van der Waals surface area contributed by atoms with Crippen molar-refractivity contribution < 1.29 is 4.79 Å². The molecule has 126 valence electrons. The van der Waals surface area contributed by atoms with Crippen LogP contribution in [0.15, 0.2) is 42.5 Å². The van der Waals surface area contributed by atoms with Crippen molar-refractivity contribution in [2.24, 2.45) is 0 Å². The Morgan fingerprint density at radius 3 is 2.75 bits per heavy atom. The van der Waals surface area contributed by atoms with E-state index in [1.807, 2.05) is 0 Å². The number of hydrogen-bond acceptors (Lipinski definition) is 2. The van der Waals surface area contributed by atoms with E-state index in [9.17, 15) is 4.79 Å². The third kappa shape index (κ3) is 4.04. The number of hydrogen-bond donors (Lipinski definition) is 2. The Morgan fingerprint density at radius 1 is 1.04 bits per heavy atom. The van der Waals surface area contributed by atoms with Crippen molar-refractivity contribution in [3.05, 3.63) is 59.2 Å². The molecule has 0 bridgehead atoms. The van der Waals surface area contributed by atoms with Crippen LogP contribution in [0.25, 0.3) is 11.1 Å². The molecule has 24 heavy (non-hydrogen) atoms. The number of carbonyl (C=O) groups is 1. The molecule has 0 saturated heterocycles. The summed E-state index contributed by atoms with van der Waals surface area (Å²) in [7, 11) is 0. The van der Waals surface area contributed by atoms with Crippen LogP contribution in [0, 0.1) is 0 Å². The fourth-order valence-electron chi connectivity index (χ4n) is 3.33. The first-order valence-corrected chi connectivity index (χ1v) is 8.95. The molecule has 3 heteroatoms. The van der Waals surface area contributed by atoms with Crippen LogP contribution in [0.5, 0.6) is 0 Å². The standard InChI is InChI=1S/C21H26N2O/c1-2-22-12-13-23-21(24)9-5-6-16-10-11-18-15-17-7-3-4-8-19(17)20(18)14-16/h3-4,7-8,10-11,14,22H,2,5-6,9,12-13,15H2,1H3,(H,23,24). The Kier molecular flexibility index (Phi) is 5.65. The van der Waals surface area contributed by atoms with E-state index < -0.39 is 0 Å². The van der Waals surface area contributed by atoms with Crippen LogP contribution in [0.3, 0.4) is 0 Å². The first-order valence-electron chi connectivity index (χ1n) is 8.95. The summed E-state index contributed by atoms with van der Waals surface area (Å²) in [5.74, 6) is 0.152. The summed E-state index contributed by atoms with van der Waals surface area (Å²) in [6, 6.07) is 15.4. The summed E-state index contributed by atoms with van der Waals surface area (Å²) in [6.45, 7) is 4.56. The van der Waals surface area contributed by atoms with Gasteiger partial charge in [0.15, 0.2) is 0 Å². The van der Waals surface area contributed by atoms with Gasteiger partial charge in [-0.15, -0.1) is 0 Å². The fraction of sp³-hybridized carbons (Fsp3) is 0.381. The van der Waals surface area contributed by atoms with E-state index in [0.29, 0.717) is 13.0 Å². The largest absolute Gasteiger partial charge is 0.355 e. The minimum atomic E-state index is 0.152. The molecule has 2 aromatic rings. The van der Waals surface area contributed by atoms with Gasteiger partial charge >= 0.3 is 0 Å². The highest BCUT2D eigenvalue weighted by atomic mass is 16.1. The van der Waals surface area contributed by atoms with Crippen molar-refractivity contribution in [3.63, 3.8) is 0 Å². The Morgan fingerprint density at radius 2 is 1.88 bits per heavy atom. The van der Waals surface area contributed by atoms with E-state index in [1.54, 1.807) is 0 Å². The molecule has 3 rings (SSSR count). The number of carbonyl (C=O) groups excluding carboxylic acids is 1. The number of nitrogens with one attached hydrogen (secondary N) is 2. The molecule has 0 unspecified atom stereocenters. The molecule has 0 aromatic heterocycles. The summed E-state index contributed by atoms with van der Waals surface area (Å²) >= 11 is 0. The van der Waals surface area contributed by atoms with Gasteiger partial charge in [-0.3, -0.25) is 4.79 Å². The van der Waals surface area contributed by atoms with Crippen molar-refractivity contribution >= 4 is 5.91 Å². The van der Waals surface area contributed by atoms with Crippen LogP contribution >= 0.6 is 0 Å². The van der Waals surface area contributed by atoms with Crippen molar-refractivity contribution in [2.75, 3.05) is 19.6 Å². The third-order valence-corrected chi connectivity index (χ3v) is 4.61. The van der Waals surface area contributed by atoms with Crippen molar-refractivity contribution in [3.8, 4) is 11.1 Å². The second-order valence-electron chi connectivity index (χ2n) is 6.38. The minimum absolute atomic E-state index is 0.152. The predicted octanol–water partition coefficient (Wildman–Crippen LogP) is 3.31. The molecular formula is C21H26N2O. The molecule has 1 aliphatic carbocycles. The summed E-state index contributed by atoms with van der Waals surface area (Å²) in [5, 5.41) is 6.16. The first kappa shape index (κ1) is 16.7. The van der Waals surface area contributed by atoms with E-state index in [0.717, 1.165) is 32.4 Å². The maximum Gasteiger partial charge on any atom is 0.220 e. The molecule has 0 heterocycles. The van der Waals surface area contributed by atoms with Crippen LogP contribution in [-0.4, -0.2) is 25.5 Å². The second kappa shape index (κ2) is 8.11. The Bertz CT molecular complexity index is 709. The molecule has 3 nitrogen and oxygen atoms in total. The van der Waals surface area contributed by atoms with Crippen LogP contribution in [-0.2, 0) is 17.6 Å². The average molecular weight is 322 g/mol. The molecule has 0 atom stereocenters. The maximum atomic E-state index is 11.8. The number of likely N-dealkylation sites (N-methyl/N-ethyl adjacent to an activating group) is 1. The lowest BCUT2D eigenvalue weighted by Crippen LogP contribution is -2.31. The van der Waals surface area contributed by atoms with E-state index >= 15 is 0 Å². The highest BCUT2D eigenvalue weighted by Gasteiger charge is 2.17. The van der Waals surface area contributed by atoms with Gasteiger partial charge in [-0.25, -0.2) is 0 Å². The van der Waals surface area contributed by atoms with Gasteiger partial charge in [-0.2, -0.15) is 0 Å². The Hall–Kier alpha value is -2.13. The zero-order valence-corrected chi connectivity index (χ0v) is 14.4. The van der Waals surface area contributed by atoms with Crippen molar-refractivity contribution in [1.82, 2.24) is 10.6 Å². The molecule has 0 fully saturated rings. The van der Waals surface area contributed by atoms with Gasteiger partial charge in [0, 0.05) is 19.5 Å². The molecule has 1 amide bonds. The number of amides is 1. The highest BCUT2D eigenvalue weighted by molar-refractivity contribution is 5.77. The van der Waals surface area contributed by atoms with E-state index in [-0.39, 0.29) is 5.91 Å². The summed E-state index contributed by atoms with van der Waals surface area (Å²) in [5.41, 5.74) is 6.91. The lowest BCUT2D eigenvalue weighted by molar-refractivity contribution is -0.121. The topological polar surface area (TPSA) is 41.1 Å². The summed E-state index contributed by atoms with van der Waals surface area (Å²) in [6.07, 6.45) is 3.49. The van der Waals surface area contributed by atoms with E-state index in [4.69, 9.17) is 0 Å². The molecular weight excluding hydrogens is 296 g/mol. The number of fused-ring (bicyclic) bond motifs is 3. The molecule has 0 spiro atoms. The van der Waals surface area contributed by atoms with Crippen LogP contribution < -0.4 is 10.6 Å². The Balaban J connectivity index is 1.50. The quantitative estimate of drug-likeness (QED) is 0.625. The predicted molar refractivity (Wildman–Crippen MR) is 99.2 cm³/mol. The van der Waals surface area contributed by atoms with Gasteiger partial charge in [0.25, 0.3) is 0 Å². The van der Waals surface area contributed by atoms with Gasteiger partial charge in [-0.1, -0.05) is 49.4 Å². The third-order valence-electron chi connectivity index (χ3n) is 4.61. The van der Waals surface area contributed by atoms with Gasteiger partial charge in [-0.05, 0) is 53.6 Å². The average Bonchev–Trinajstić information content (AvgIpc) is 2.97. The minimum Gasteiger partial charge on any atom is -0.355 e. The zero-order valence-electron chi connectivity index (χ0n) is 14.4. The number of benzene rings is 2. The first-order chi connectivity index (χ1) is 11.8. The summed E-state index contributed by atoms with van der Waals surface area (Å²) in [4.78, 5) is 11.8. The van der Waals surface area contributed by atoms with Gasteiger partial charge in [0.1, 0.15) is 0 Å². The number of rotatable bonds is 8. The van der Waals surface area contributed by atoms with Gasteiger partial charge < -0.3 is 10.6 Å². The van der Waals surface area contributed by atoms with Gasteiger partial charge in [0.2, 0.25) is 5.91 Å². The zero-order chi connectivity index (χ0) is 16.8. The molecule has 1 aliphatic rings.